The van der Waals surface area contributed by atoms with Crippen LogP contribution < -0.4 is 5.32 Å². The van der Waals surface area contributed by atoms with E-state index in [4.69, 9.17) is 0 Å². The zero-order chi connectivity index (χ0) is 15.7. The molecule has 23 heavy (non-hydrogen) atoms. The van der Waals surface area contributed by atoms with E-state index in [0.717, 1.165) is 25.8 Å². The molecular formula is C17H27ClN2O2S. The van der Waals surface area contributed by atoms with E-state index >= 15 is 0 Å². The molecule has 0 amide bonds. The van der Waals surface area contributed by atoms with Gasteiger partial charge in [0.2, 0.25) is 10.0 Å². The summed E-state index contributed by atoms with van der Waals surface area (Å²) in [5, 5.41) is 3.47. The van der Waals surface area contributed by atoms with Gasteiger partial charge < -0.3 is 5.32 Å². The highest BCUT2D eigenvalue weighted by molar-refractivity contribution is 7.89. The first kappa shape index (κ1) is 18.7. The maximum Gasteiger partial charge on any atom is 0.243 e. The molecule has 0 aromatic heterocycles. The van der Waals surface area contributed by atoms with Crippen molar-refractivity contribution in [1.29, 1.82) is 0 Å². The lowest BCUT2D eigenvalue weighted by Crippen LogP contribution is -2.46. The summed E-state index contributed by atoms with van der Waals surface area (Å²) in [5.74, 6) is 1.06. The Labute approximate surface area is 146 Å². The number of rotatable bonds is 4. The summed E-state index contributed by atoms with van der Waals surface area (Å²) in [6.45, 7) is 6.65. The summed E-state index contributed by atoms with van der Waals surface area (Å²) >= 11 is 0. The van der Waals surface area contributed by atoms with Crippen LogP contribution in [0.2, 0.25) is 0 Å². The topological polar surface area (TPSA) is 49.4 Å². The van der Waals surface area contributed by atoms with Crippen LogP contribution in [0.5, 0.6) is 0 Å². The number of benzene rings is 1. The van der Waals surface area contributed by atoms with Crippen LogP contribution in [0.15, 0.2) is 29.2 Å². The van der Waals surface area contributed by atoms with Crippen molar-refractivity contribution >= 4 is 22.4 Å². The fourth-order valence-corrected chi connectivity index (χ4v) is 5.16. The van der Waals surface area contributed by atoms with E-state index in [-0.39, 0.29) is 12.4 Å². The Hall–Kier alpha value is -0.620. The Morgan fingerprint density at radius 3 is 2.57 bits per heavy atom. The Balaban J connectivity index is 0.00000192. The molecule has 130 valence electrons. The SMILES string of the molecule is CC(C)Cc1ccc(S(=O)(=O)N2CCC3NCCC3C2)cc1.Cl. The van der Waals surface area contributed by atoms with Crippen LogP contribution >= 0.6 is 12.4 Å². The van der Waals surface area contributed by atoms with Crippen molar-refractivity contribution in [3.63, 3.8) is 0 Å². The van der Waals surface area contributed by atoms with Gasteiger partial charge in [-0.3, -0.25) is 0 Å². The van der Waals surface area contributed by atoms with Gasteiger partial charge in [-0.1, -0.05) is 26.0 Å². The summed E-state index contributed by atoms with van der Waals surface area (Å²) in [6, 6.07) is 7.96. The molecule has 2 aliphatic rings. The number of hydrogen-bond acceptors (Lipinski definition) is 3. The molecule has 0 aliphatic carbocycles. The summed E-state index contributed by atoms with van der Waals surface area (Å²) in [4.78, 5) is 0.435. The molecule has 3 rings (SSSR count). The second kappa shape index (κ2) is 7.51. The van der Waals surface area contributed by atoms with Crippen LogP contribution in [-0.2, 0) is 16.4 Å². The first-order valence-electron chi connectivity index (χ1n) is 8.29. The molecule has 2 saturated heterocycles. The Morgan fingerprint density at radius 2 is 1.91 bits per heavy atom. The first-order chi connectivity index (χ1) is 10.5. The zero-order valence-corrected chi connectivity index (χ0v) is 15.5. The van der Waals surface area contributed by atoms with E-state index in [1.54, 1.807) is 16.4 Å². The van der Waals surface area contributed by atoms with E-state index < -0.39 is 10.0 Å². The van der Waals surface area contributed by atoms with E-state index in [1.165, 1.54) is 5.56 Å². The van der Waals surface area contributed by atoms with Gasteiger partial charge in [-0.05, 0) is 55.3 Å². The van der Waals surface area contributed by atoms with Gasteiger partial charge in [0.25, 0.3) is 0 Å². The van der Waals surface area contributed by atoms with Crippen LogP contribution in [-0.4, -0.2) is 38.4 Å². The third-order valence-electron chi connectivity index (χ3n) is 4.82. The zero-order valence-electron chi connectivity index (χ0n) is 13.9. The van der Waals surface area contributed by atoms with Crippen molar-refractivity contribution in [2.45, 2.75) is 44.0 Å². The Morgan fingerprint density at radius 1 is 1.22 bits per heavy atom. The summed E-state index contributed by atoms with van der Waals surface area (Å²) in [7, 11) is -3.34. The molecule has 0 bridgehead atoms. The van der Waals surface area contributed by atoms with Crippen molar-refractivity contribution in [3.8, 4) is 0 Å². The number of hydrogen-bond donors (Lipinski definition) is 1. The Bertz CT molecular complexity index is 616. The van der Waals surface area contributed by atoms with Crippen molar-refractivity contribution in [2.75, 3.05) is 19.6 Å². The summed E-state index contributed by atoms with van der Waals surface area (Å²) in [6.07, 6.45) is 3.00. The van der Waals surface area contributed by atoms with Crippen LogP contribution in [0.1, 0.15) is 32.3 Å². The van der Waals surface area contributed by atoms with Crippen LogP contribution in [0.4, 0.5) is 0 Å². The van der Waals surface area contributed by atoms with E-state index in [0.29, 0.717) is 35.9 Å². The largest absolute Gasteiger partial charge is 0.314 e. The maximum absolute atomic E-state index is 12.8. The lowest BCUT2D eigenvalue weighted by molar-refractivity contribution is 0.247. The number of nitrogens with one attached hydrogen (secondary N) is 1. The molecular weight excluding hydrogens is 332 g/mol. The highest BCUT2D eigenvalue weighted by Gasteiger charge is 2.37. The fraction of sp³-hybridized carbons (Fsp3) is 0.647. The maximum atomic E-state index is 12.8. The average Bonchev–Trinajstić information content (AvgIpc) is 2.94. The van der Waals surface area contributed by atoms with Crippen molar-refractivity contribution in [2.24, 2.45) is 11.8 Å². The van der Waals surface area contributed by atoms with Crippen LogP contribution in [0.25, 0.3) is 0 Å². The number of sulfonamides is 1. The van der Waals surface area contributed by atoms with Gasteiger partial charge in [0.1, 0.15) is 0 Å². The first-order valence-corrected chi connectivity index (χ1v) is 9.73. The molecule has 2 atom stereocenters. The smallest absolute Gasteiger partial charge is 0.243 e. The minimum absolute atomic E-state index is 0. The molecule has 2 aliphatic heterocycles. The minimum Gasteiger partial charge on any atom is -0.314 e. The fourth-order valence-electron chi connectivity index (χ4n) is 3.65. The third-order valence-corrected chi connectivity index (χ3v) is 6.70. The number of nitrogens with zero attached hydrogens (tertiary/aromatic N) is 1. The number of piperidine rings is 1. The standard InChI is InChI=1S/C17H26N2O2S.ClH/c1-13(2)11-14-3-5-16(6-4-14)22(20,21)19-10-8-17-15(12-19)7-9-18-17;/h3-6,13,15,17-18H,7-12H2,1-2H3;1H. The second-order valence-corrected chi connectivity index (χ2v) is 8.94. The molecule has 1 N–H and O–H groups in total. The van der Waals surface area contributed by atoms with Gasteiger partial charge in [-0.25, -0.2) is 8.42 Å². The third kappa shape index (κ3) is 4.08. The lowest BCUT2D eigenvalue weighted by atomic mass is 9.95. The molecule has 2 unspecified atom stereocenters. The molecule has 2 fully saturated rings. The van der Waals surface area contributed by atoms with E-state index in [2.05, 4.69) is 19.2 Å². The van der Waals surface area contributed by atoms with Gasteiger partial charge in [0, 0.05) is 19.1 Å². The van der Waals surface area contributed by atoms with E-state index in [9.17, 15) is 8.42 Å². The molecule has 1 aromatic rings. The lowest BCUT2D eigenvalue weighted by Gasteiger charge is -2.34. The predicted molar refractivity (Wildman–Crippen MR) is 95.5 cm³/mol. The highest BCUT2D eigenvalue weighted by atomic mass is 35.5. The van der Waals surface area contributed by atoms with Gasteiger partial charge >= 0.3 is 0 Å². The van der Waals surface area contributed by atoms with Crippen molar-refractivity contribution < 1.29 is 8.42 Å². The van der Waals surface area contributed by atoms with E-state index in [1.807, 2.05) is 12.1 Å². The molecule has 6 heteroatoms. The normalized spacial score (nSPS) is 25.2. The highest BCUT2D eigenvalue weighted by Crippen LogP contribution is 2.28. The molecule has 4 nitrogen and oxygen atoms in total. The molecule has 0 radical (unpaired) electrons. The van der Waals surface area contributed by atoms with Gasteiger partial charge in [-0.2, -0.15) is 4.31 Å². The molecule has 0 spiro atoms. The predicted octanol–water partition coefficient (Wildman–Crippen LogP) is 2.68. The van der Waals surface area contributed by atoms with Gasteiger partial charge in [0.05, 0.1) is 4.90 Å². The summed E-state index contributed by atoms with van der Waals surface area (Å²) in [5.41, 5.74) is 1.20. The van der Waals surface area contributed by atoms with Crippen molar-refractivity contribution in [3.05, 3.63) is 29.8 Å². The quantitative estimate of drug-likeness (QED) is 0.900. The van der Waals surface area contributed by atoms with Crippen molar-refractivity contribution in [1.82, 2.24) is 9.62 Å². The molecule has 1 aromatic carbocycles. The number of halogens is 1. The van der Waals surface area contributed by atoms with Crippen LogP contribution in [0, 0.1) is 11.8 Å². The Kier molecular flexibility index (Phi) is 6.11. The second-order valence-electron chi connectivity index (χ2n) is 7.00. The summed E-state index contributed by atoms with van der Waals surface area (Å²) < 4.78 is 27.3. The molecule has 0 saturated carbocycles. The van der Waals surface area contributed by atoms with Crippen LogP contribution in [0.3, 0.4) is 0 Å². The molecule has 2 heterocycles. The monoisotopic (exact) mass is 358 g/mol. The van der Waals surface area contributed by atoms with Gasteiger partial charge in [-0.15, -0.1) is 12.4 Å². The number of fused-ring (bicyclic) bond motifs is 1. The van der Waals surface area contributed by atoms with Gasteiger partial charge in [0.15, 0.2) is 0 Å². The average molecular weight is 359 g/mol. The minimum atomic E-state index is -3.34.